The van der Waals surface area contributed by atoms with Gasteiger partial charge in [0.1, 0.15) is 11.5 Å². The average molecular weight is 493 g/mol. The summed E-state index contributed by atoms with van der Waals surface area (Å²) in [7, 11) is 2.15. The summed E-state index contributed by atoms with van der Waals surface area (Å²) in [6.45, 7) is 11.5. The number of hydrogen-bond donors (Lipinski definition) is 3. The van der Waals surface area contributed by atoms with Gasteiger partial charge in [-0.1, -0.05) is 32.9 Å². The summed E-state index contributed by atoms with van der Waals surface area (Å²) in [5.41, 5.74) is 2.98. The van der Waals surface area contributed by atoms with Gasteiger partial charge in [0.15, 0.2) is 5.82 Å². The largest absolute Gasteiger partial charge is 0.508 e. The molecule has 1 fully saturated rings. The van der Waals surface area contributed by atoms with Crippen LogP contribution in [0.1, 0.15) is 54.9 Å². The van der Waals surface area contributed by atoms with E-state index in [0.29, 0.717) is 23.5 Å². The molecule has 1 aliphatic heterocycles. The van der Waals surface area contributed by atoms with E-state index in [4.69, 9.17) is 0 Å². The SMILES string of the molecule is CCCNC(=O)c1nnc(-c2cc(C(C)C)c(O)cc2O)n1-c1ccc(CN2CCN(C)CC2)cc1. The third-order valence-corrected chi connectivity index (χ3v) is 6.61. The Morgan fingerprint density at radius 2 is 1.72 bits per heavy atom. The van der Waals surface area contributed by atoms with Gasteiger partial charge in [0, 0.05) is 51.0 Å². The Kier molecular flexibility index (Phi) is 7.91. The molecule has 3 aromatic rings. The summed E-state index contributed by atoms with van der Waals surface area (Å²) in [4.78, 5) is 17.7. The number of phenolic OH excluding ortho intramolecular Hbond substituents is 2. The average Bonchev–Trinajstić information content (AvgIpc) is 3.29. The van der Waals surface area contributed by atoms with Crippen molar-refractivity contribution in [2.75, 3.05) is 39.8 Å². The Morgan fingerprint density at radius 1 is 1.03 bits per heavy atom. The van der Waals surface area contributed by atoms with E-state index in [0.717, 1.165) is 44.8 Å². The zero-order valence-electron chi connectivity index (χ0n) is 21.5. The molecule has 0 spiro atoms. The molecule has 1 amide bonds. The summed E-state index contributed by atoms with van der Waals surface area (Å²) in [6.07, 6.45) is 0.796. The van der Waals surface area contributed by atoms with Crippen molar-refractivity contribution >= 4 is 5.91 Å². The number of piperazine rings is 1. The third kappa shape index (κ3) is 5.52. The van der Waals surface area contributed by atoms with Gasteiger partial charge >= 0.3 is 0 Å². The van der Waals surface area contributed by atoms with Gasteiger partial charge in [-0.05, 0) is 48.7 Å². The smallest absolute Gasteiger partial charge is 0.289 e. The van der Waals surface area contributed by atoms with E-state index in [9.17, 15) is 15.0 Å². The van der Waals surface area contributed by atoms with Gasteiger partial charge in [-0.2, -0.15) is 0 Å². The number of likely N-dealkylation sites (N-methyl/N-ethyl adjacent to an activating group) is 1. The molecule has 2 aromatic carbocycles. The van der Waals surface area contributed by atoms with Gasteiger partial charge < -0.3 is 20.4 Å². The maximum atomic E-state index is 13.0. The van der Waals surface area contributed by atoms with Gasteiger partial charge in [0.2, 0.25) is 5.82 Å². The quantitative estimate of drug-likeness (QED) is 0.443. The van der Waals surface area contributed by atoms with Crippen LogP contribution in [0.5, 0.6) is 11.5 Å². The zero-order chi connectivity index (χ0) is 25.8. The second-order valence-electron chi connectivity index (χ2n) is 9.77. The molecular formula is C27H36N6O3. The lowest BCUT2D eigenvalue weighted by molar-refractivity contribution is 0.0941. The number of benzene rings is 2. The number of nitrogens with one attached hydrogen (secondary N) is 1. The van der Waals surface area contributed by atoms with Crippen LogP contribution < -0.4 is 5.32 Å². The number of carbonyl (C=O) groups is 1. The highest BCUT2D eigenvalue weighted by atomic mass is 16.3. The Labute approximate surface area is 212 Å². The fourth-order valence-corrected chi connectivity index (χ4v) is 4.42. The molecule has 36 heavy (non-hydrogen) atoms. The molecule has 0 bridgehead atoms. The van der Waals surface area contributed by atoms with Crippen molar-refractivity contribution in [1.82, 2.24) is 29.9 Å². The second kappa shape index (κ2) is 11.1. The van der Waals surface area contributed by atoms with Gasteiger partial charge in [0.05, 0.1) is 5.56 Å². The predicted molar refractivity (Wildman–Crippen MR) is 140 cm³/mol. The maximum absolute atomic E-state index is 13.0. The maximum Gasteiger partial charge on any atom is 0.289 e. The van der Waals surface area contributed by atoms with Crippen LogP contribution in [0.2, 0.25) is 0 Å². The molecule has 0 radical (unpaired) electrons. The van der Waals surface area contributed by atoms with E-state index in [-0.39, 0.29) is 29.1 Å². The third-order valence-electron chi connectivity index (χ3n) is 6.61. The van der Waals surface area contributed by atoms with E-state index in [2.05, 4.69) is 44.5 Å². The van der Waals surface area contributed by atoms with Crippen molar-refractivity contribution in [3.8, 4) is 28.6 Å². The molecule has 9 nitrogen and oxygen atoms in total. The number of carbonyl (C=O) groups excluding carboxylic acids is 1. The fourth-order valence-electron chi connectivity index (χ4n) is 4.42. The van der Waals surface area contributed by atoms with Crippen molar-refractivity contribution in [3.63, 3.8) is 0 Å². The molecule has 9 heteroatoms. The van der Waals surface area contributed by atoms with Gasteiger partial charge in [-0.3, -0.25) is 14.3 Å². The fraction of sp³-hybridized carbons (Fsp3) is 0.444. The van der Waals surface area contributed by atoms with Crippen molar-refractivity contribution < 1.29 is 15.0 Å². The number of phenols is 2. The van der Waals surface area contributed by atoms with Crippen LogP contribution in [0.15, 0.2) is 36.4 Å². The van der Waals surface area contributed by atoms with Crippen molar-refractivity contribution in [1.29, 1.82) is 0 Å². The normalized spacial score (nSPS) is 14.9. The molecule has 0 unspecified atom stereocenters. The molecule has 0 atom stereocenters. The number of aromatic hydroxyl groups is 2. The van der Waals surface area contributed by atoms with Crippen LogP contribution in [0.3, 0.4) is 0 Å². The predicted octanol–water partition coefficient (Wildman–Crippen LogP) is 3.36. The first kappa shape index (κ1) is 25.7. The molecule has 4 rings (SSSR count). The van der Waals surface area contributed by atoms with E-state index in [1.807, 2.05) is 32.9 Å². The number of hydrogen-bond acceptors (Lipinski definition) is 7. The molecule has 0 aliphatic carbocycles. The number of rotatable bonds is 8. The summed E-state index contributed by atoms with van der Waals surface area (Å²) >= 11 is 0. The summed E-state index contributed by atoms with van der Waals surface area (Å²) < 4.78 is 1.67. The van der Waals surface area contributed by atoms with Crippen LogP contribution in [0.25, 0.3) is 17.1 Å². The topological polar surface area (TPSA) is 107 Å². The molecule has 1 aromatic heterocycles. The molecule has 1 saturated heterocycles. The number of nitrogens with zero attached hydrogens (tertiary/aromatic N) is 5. The summed E-state index contributed by atoms with van der Waals surface area (Å²) in [5.74, 6) is 0.0670. The molecule has 3 N–H and O–H groups in total. The first-order valence-electron chi connectivity index (χ1n) is 12.6. The van der Waals surface area contributed by atoms with Crippen LogP contribution in [0, 0.1) is 0 Å². The van der Waals surface area contributed by atoms with Gasteiger partial charge in [-0.25, -0.2) is 0 Å². The Hall–Kier alpha value is -3.43. The number of aromatic nitrogens is 3. The lowest BCUT2D eigenvalue weighted by Crippen LogP contribution is -2.43. The van der Waals surface area contributed by atoms with Gasteiger partial charge in [0.25, 0.3) is 5.91 Å². The van der Waals surface area contributed by atoms with Crippen molar-refractivity contribution in [3.05, 3.63) is 53.3 Å². The lowest BCUT2D eigenvalue weighted by Gasteiger charge is -2.32. The Morgan fingerprint density at radius 3 is 2.36 bits per heavy atom. The van der Waals surface area contributed by atoms with Crippen LogP contribution in [-0.4, -0.2) is 80.5 Å². The van der Waals surface area contributed by atoms with Crippen LogP contribution in [-0.2, 0) is 6.54 Å². The minimum atomic E-state index is -0.334. The first-order valence-corrected chi connectivity index (χ1v) is 12.6. The van der Waals surface area contributed by atoms with Crippen LogP contribution in [0.4, 0.5) is 0 Å². The van der Waals surface area contributed by atoms with E-state index >= 15 is 0 Å². The molecule has 2 heterocycles. The highest BCUT2D eigenvalue weighted by molar-refractivity contribution is 5.92. The summed E-state index contributed by atoms with van der Waals surface area (Å²) in [5, 5.41) is 32.4. The minimum Gasteiger partial charge on any atom is -0.508 e. The highest BCUT2D eigenvalue weighted by Gasteiger charge is 2.24. The first-order chi connectivity index (χ1) is 17.3. The van der Waals surface area contributed by atoms with E-state index in [1.54, 1.807) is 10.6 Å². The van der Waals surface area contributed by atoms with E-state index < -0.39 is 0 Å². The number of amides is 1. The highest BCUT2D eigenvalue weighted by Crippen LogP contribution is 2.38. The molecular weight excluding hydrogens is 456 g/mol. The monoisotopic (exact) mass is 492 g/mol. The molecule has 1 aliphatic rings. The van der Waals surface area contributed by atoms with Crippen LogP contribution >= 0.6 is 0 Å². The Balaban J connectivity index is 1.73. The summed E-state index contributed by atoms with van der Waals surface area (Å²) in [6, 6.07) is 11.1. The van der Waals surface area contributed by atoms with Gasteiger partial charge in [-0.15, -0.1) is 10.2 Å². The molecule has 0 saturated carbocycles. The zero-order valence-corrected chi connectivity index (χ0v) is 21.5. The minimum absolute atomic E-state index is 0.0199. The van der Waals surface area contributed by atoms with Crippen molar-refractivity contribution in [2.24, 2.45) is 0 Å². The van der Waals surface area contributed by atoms with Crippen molar-refractivity contribution in [2.45, 2.75) is 39.7 Å². The Bertz CT molecular complexity index is 1200. The lowest BCUT2D eigenvalue weighted by atomic mass is 9.98. The second-order valence-corrected chi connectivity index (χ2v) is 9.77. The molecule has 192 valence electrons. The standard InChI is InChI=1S/C27H36N6O3/c1-5-10-28-27(36)26-30-29-25(22-15-21(18(2)3)23(34)16-24(22)35)33(26)20-8-6-19(7-9-20)17-32-13-11-31(4)12-14-32/h6-9,15-16,18,34-35H,5,10-14,17H2,1-4H3,(H,28,36). The van der Waals surface area contributed by atoms with E-state index in [1.165, 1.54) is 11.6 Å².